The van der Waals surface area contributed by atoms with Crippen LogP contribution < -0.4 is 40.0 Å². The molecule has 136 heavy (non-hydrogen) atoms. The van der Waals surface area contributed by atoms with Gasteiger partial charge in [0.1, 0.15) is 9.75 Å². The van der Waals surface area contributed by atoms with Crippen molar-refractivity contribution < 1.29 is 71.5 Å². The topological polar surface area (TPSA) is 327 Å². The zero-order chi connectivity index (χ0) is 98.1. The van der Waals surface area contributed by atoms with Crippen LogP contribution in [0.5, 0.6) is 0 Å². The van der Waals surface area contributed by atoms with Crippen LogP contribution in [0.4, 0.5) is 45.5 Å². The van der Waals surface area contributed by atoms with Crippen LogP contribution in [0.3, 0.4) is 0 Å². The number of halogens is 8. The van der Waals surface area contributed by atoms with Crippen LogP contribution in [0.25, 0.3) is 0 Å². The molecule has 0 aliphatic carbocycles. The van der Waals surface area contributed by atoms with Crippen molar-refractivity contribution >= 4 is 138 Å². The summed E-state index contributed by atoms with van der Waals surface area (Å²) >= 11 is 54.0. The van der Waals surface area contributed by atoms with Crippen LogP contribution in [0, 0.1) is 13.8 Å². The summed E-state index contributed by atoms with van der Waals surface area (Å²) in [6.45, 7) is 10.0. The largest absolute Gasteiger partial charge is 0.395 e. The number of benzene rings is 12. The van der Waals surface area contributed by atoms with Gasteiger partial charge in [-0.3, -0.25) is 0 Å². The number of aliphatic hydroxyl groups is 14. The highest BCUT2D eigenvalue weighted by atomic mass is 35.5. The van der Waals surface area contributed by atoms with E-state index in [1.165, 1.54) is 0 Å². The lowest BCUT2D eigenvalue weighted by atomic mass is 9.81. The maximum atomic E-state index is 9.45. The highest BCUT2D eigenvalue weighted by Gasteiger charge is 2.37. The van der Waals surface area contributed by atoms with Gasteiger partial charge in [0, 0.05) is 179 Å². The first kappa shape index (κ1) is 110. The van der Waals surface area contributed by atoms with E-state index in [1.807, 2.05) is 266 Å². The summed E-state index contributed by atoms with van der Waals surface area (Å²) in [6, 6.07) is 85.5. The van der Waals surface area contributed by atoms with Gasteiger partial charge in [0.2, 0.25) is 0 Å². The molecule has 0 bridgehead atoms. The van der Waals surface area contributed by atoms with Gasteiger partial charge in [-0.1, -0.05) is 203 Å². The van der Waals surface area contributed by atoms with Gasteiger partial charge < -0.3 is 112 Å². The molecule has 0 aromatic heterocycles. The molecule has 12 aromatic rings. The zero-order valence-electron chi connectivity index (χ0n) is 76.3. The van der Waals surface area contributed by atoms with Crippen molar-refractivity contribution in [1.29, 1.82) is 0 Å². The highest BCUT2D eigenvalue weighted by molar-refractivity contribution is 6.34. The predicted octanol–water partition coefficient (Wildman–Crippen LogP) is 16.3. The van der Waals surface area contributed by atoms with E-state index in [2.05, 4.69) is 54.8 Å². The normalized spacial score (nSPS) is 11.3. The molecule has 0 atom stereocenters. The van der Waals surface area contributed by atoms with E-state index in [4.69, 9.17) is 103 Å². The Morgan fingerprint density at radius 3 is 0.669 bits per heavy atom. The fourth-order valence-electron chi connectivity index (χ4n) is 16.5. The third-order valence-electron chi connectivity index (χ3n) is 23.2. The van der Waals surface area contributed by atoms with Gasteiger partial charge >= 0.3 is 0 Å². The number of hydrogen-bond acceptors (Lipinski definition) is 22. The van der Waals surface area contributed by atoms with Gasteiger partial charge in [0.15, 0.2) is 0 Å². The Morgan fingerprint density at radius 2 is 0.434 bits per heavy atom. The molecule has 12 rings (SSSR count). The van der Waals surface area contributed by atoms with Crippen molar-refractivity contribution in [1.82, 2.24) is 0 Å². The number of anilines is 8. The van der Waals surface area contributed by atoms with Gasteiger partial charge in [-0.25, -0.2) is 0 Å². The lowest BCUT2D eigenvalue weighted by Crippen LogP contribution is -2.30. The number of nitrogens with one attached hydrogen (secondary N) is 2. The molecule has 0 saturated carbocycles. The fraction of sp³-hybridized carbons (Fsp3) is 0.321. The fourth-order valence-corrected chi connectivity index (χ4v) is 18.6. The standard InChI is InChI=1S/C29H37ClN2O4.C27H31Cl3N2O4.C27H32Cl2N2O4.C23H24Cl2N2O2/c1-21-19-23(31(11-15-33)12-16-34)7-9-25(21)29(27-5-3-4-6-28(27)30)26-10-8-24(20-22(26)2)32(13-17-35)14-18-36;28-24-4-2-1-3-21(24)27(22-7-5-19(17-25(22)29)31(9-13-33)10-14-34)23-8-6-20(18-26(23)30)32(11-15-35)12-16-36;28-24-7-1-21(2-8-24)27(29,22-3-9-25(10-4-22)30(13-17-32)14-18-33)23-5-11-26(12-6-23)31(15-19-34)16-20-35;24-20-7-1-17(2-8-20)23(25,18-3-9-21(10-4-18)26-13-15-28)19-5-11-22(12-6-19)27-14-16-29/h3-10,19-20,29,33-36H,11-18H2,1-2H3;1-8,17-18,27,33-36H,9-16H2;1-12,32-35H,13-20H2;1-12,26-29H,13-16H2. The summed E-state index contributed by atoms with van der Waals surface area (Å²) in [7, 11) is 0. The van der Waals surface area contributed by atoms with E-state index in [-0.39, 0.29) is 104 Å². The molecule has 22 nitrogen and oxygen atoms in total. The van der Waals surface area contributed by atoms with Crippen LogP contribution in [0.2, 0.25) is 30.1 Å². The van der Waals surface area contributed by atoms with E-state index in [0.29, 0.717) is 122 Å². The first-order valence-electron chi connectivity index (χ1n) is 45.0. The Kier molecular flexibility index (Phi) is 46.6. The highest BCUT2D eigenvalue weighted by Crippen LogP contribution is 2.49. The van der Waals surface area contributed by atoms with Crippen molar-refractivity contribution in [2.75, 3.05) is 224 Å². The lowest BCUT2D eigenvalue weighted by Gasteiger charge is -2.31. The van der Waals surface area contributed by atoms with Gasteiger partial charge in [-0.2, -0.15) is 0 Å². The Labute approximate surface area is 838 Å². The Bertz CT molecular complexity index is 5090. The molecule has 0 unspecified atom stereocenters. The molecule has 0 radical (unpaired) electrons. The second kappa shape index (κ2) is 57.4. The second-order valence-corrected chi connectivity index (χ2v) is 35.5. The maximum absolute atomic E-state index is 9.45. The second-order valence-electron chi connectivity index (χ2n) is 31.9. The quantitative estimate of drug-likeness (QED) is 0.0124. The van der Waals surface area contributed by atoms with Gasteiger partial charge in [-0.15, -0.1) is 23.2 Å². The number of nitrogens with zero attached hydrogens (tertiary/aromatic N) is 6. The SMILES string of the molecule is Cc1cc(N(CCO)CCO)ccc1C(c1ccc(N(CCO)CCO)cc1C)c1ccccc1Cl.OCCN(CCO)c1ccc(C(Cl)(c2ccc(Cl)cc2)c2ccc(N(CCO)CCO)cc2)cc1.OCCN(CCO)c1ccc(C(c2ccccc2Cl)c2ccc(N(CCO)CCO)cc2Cl)c(Cl)c1.OCCNc1ccc(C(Cl)(c2ccc(Cl)cc2)c2ccc(NCCO)cc2)cc1. The number of rotatable bonds is 48. The Hall–Kier alpha value is -9.20. The minimum absolute atomic E-state index is 0.0120. The van der Waals surface area contributed by atoms with E-state index >= 15 is 0 Å². The van der Waals surface area contributed by atoms with Crippen molar-refractivity contribution in [3.63, 3.8) is 0 Å². The number of aryl methyl sites for hydroxylation is 2. The molecular formula is C106H124Cl8N8O14. The van der Waals surface area contributed by atoms with Crippen LogP contribution in [0.1, 0.15) is 89.7 Å². The molecule has 0 heterocycles. The van der Waals surface area contributed by atoms with E-state index < -0.39 is 9.75 Å². The molecule has 12 aromatic carbocycles. The minimum atomic E-state index is -1.00. The van der Waals surface area contributed by atoms with Gasteiger partial charge in [-0.05, 0) is 225 Å². The zero-order valence-corrected chi connectivity index (χ0v) is 82.4. The van der Waals surface area contributed by atoms with Gasteiger partial charge in [0.25, 0.3) is 0 Å². The Morgan fingerprint density at radius 1 is 0.228 bits per heavy atom. The summed E-state index contributed by atoms with van der Waals surface area (Å²) in [5.41, 5.74) is 20.3. The van der Waals surface area contributed by atoms with Crippen molar-refractivity contribution in [3.8, 4) is 0 Å². The average Bonchev–Trinajstić information content (AvgIpc) is 0.773. The summed E-state index contributed by atoms with van der Waals surface area (Å²) in [5.74, 6) is -0.467. The molecule has 728 valence electrons. The van der Waals surface area contributed by atoms with Gasteiger partial charge in [0.05, 0.1) is 92.5 Å². The van der Waals surface area contributed by atoms with Crippen molar-refractivity contribution in [3.05, 3.63) is 375 Å². The molecular weight excluding hydrogens is 1890 g/mol. The summed E-state index contributed by atoms with van der Waals surface area (Å²) in [5, 5.41) is 141. The third kappa shape index (κ3) is 29.9. The van der Waals surface area contributed by atoms with E-state index in [1.54, 1.807) is 0 Å². The lowest BCUT2D eigenvalue weighted by molar-refractivity contribution is 0.280. The smallest absolute Gasteiger partial charge is 0.119 e. The minimum Gasteiger partial charge on any atom is -0.395 e. The summed E-state index contributed by atoms with van der Waals surface area (Å²) < 4.78 is 0. The molecule has 0 spiro atoms. The number of hydrogen-bond donors (Lipinski definition) is 16. The molecule has 0 saturated heterocycles. The third-order valence-corrected chi connectivity index (χ3v) is 26.4. The number of alkyl halides is 2. The van der Waals surface area contributed by atoms with Crippen molar-refractivity contribution in [2.24, 2.45) is 0 Å². The Balaban J connectivity index is 0.000000204. The van der Waals surface area contributed by atoms with Crippen LogP contribution in [-0.2, 0) is 9.75 Å². The molecule has 0 amide bonds. The first-order valence-corrected chi connectivity index (χ1v) is 48.1. The summed E-state index contributed by atoms with van der Waals surface area (Å²) in [6.07, 6.45) is 0. The molecule has 30 heteroatoms. The molecule has 0 aliphatic heterocycles. The van der Waals surface area contributed by atoms with E-state index in [0.717, 1.165) is 123 Å². The molecule has 16 N–H and O–H groups in total. The first-order chi connectivity index (χ1) is 65.9. The van der Waals surface area contributed by atoms with Crippen LogP contribution in [0.15, 0.2) is 267 Å². The van der Waals surface area contributed by atoms with E-state index in [9.17, 15) is 61.3 Å². The van der Waals surface area contributed by atoms with Crippen LogP contribution >= 0.6 is 92.8 Å². The van der Waals surface area contributed by atoms with Crippen LogP contribution in [-0.4, -0.2) is 256 Å². The molecule has 0 fully saturated rings. The maximum Gasteiger partial charge on any atom is 0.119 e. The molecule has 0 aliphatic rings. The van der Waals surface area contributed by atoms with Crippen molar-refractivity contribution in [2.45, 2.75) is 35.4 Å². The summed E-state index contributed by atoms with van der Waals surface area (Å²) in [4.78, 5) is 9.59. The monoisotopic (exact) mass is 2010 g/mol. The number of aliphatic hydroxyl groups excluding tert-OH is 14. The predicted molar refractivity (Wildman–Crippen MR) is 560 cm³/mol. The average molecular weight is 2020 g/mol.